The monoisotopic (exact) mass is 438 g/mol. The molecule has 0 saturated heterocycles. The third-order valence-electron chi connectivity index (χ3n) is 5.21. The molecule has 2 aromatic rings. The molecule has 0 spiro atoms. The molecule has 0 aliphatic carbocycles. The second-order valence-electron chi connectivity index (χ2n) is 7.77. The zero-order valence-electron chi connectivity index (χ0n) is 18.6. The third kappa shape index (κ3) is 4.86. The van der Waals surface area contributed by atoms with Gasteiger partial charge in [-0.2, -0.15) is 0 Å². The highest BCUT2D eigenvalue weighted by atomic mass is 16.5. The molecule has 8 nitrogen and oxygen atoms in total. The number of amides is 3. The van der Waals surface area contributed by atoms with E-state index in [9.17, 15) is 19.2 Å². The van der Waals surface area contributed by atoms with Crippen LogP contribution >= 0.6 is 0 Å². The molecular weight excluding hydrogens is 412 g/mol. The van der Waals surface area contributed by atoms with Gasteiger partial charge in [0.2, 0.25) is 0 Å². The Morgan fingerprint density at radius 3 is 2.28 bits per heavy atom. The summed E-state index contributed by atoms with van der Waals surface area (Å²) in [6.45, 7) is 5.94. The summed E-state index contributed by atoms with van der Waals surface area (Å²) in [6.07, 6.45) is 0.520. The molecule has 1 heterocycles. The topological polar surface area (TPSA) is 102 Å². The van der Waals surface area contributed by atoms with E-state index in [1.165, 1.54) is 18.2 Å². The van der Waals surface area contributed by atoms with Crippen molar-refractivity contribution in [3.8, 4) is 0 Å². The summed E-state index contributed by atoms with van der Waals surface area (Å²) in [7, 11) is 1.55. The third-order valence-corrected chi connectivity index (χ3v) is 5.21. The van der Waals surface area contributed by atoms with Gasteiger partial charge in [0.05, 0.1) is 16.7 Å². The number of anilines is 1. The van der Waals surface area contributed by atoms with Crippen LogP contribution in [-0.2, 0) is 14.3 Å². The Labute approximate surface area is 186 Å². The smallest absolute Gasteiger partial charge is 0.338 e. The number of methoxy groups -OCH3 is 1. The summed E-state index contributed by atoms with van der Waals surface area (Å²) >= 11 is 0. The maximum atomic E-state index is 12.6. The van der Waals surface area contributed by atoms with E-state index >= 15 is 0 Å². The van der Waals surface area contributed by atoms with Crippen LogP contribution in [0.5, 0.6) is 0 Å². The molecular formula is C24H26N2O6. The number of fused-ring (bicyclic) bond motifs is 1. The number of benzene rings is 2. The van der Waals surface area contributed by atoms with E-state index in [0.29, 0.717) is 18.7 Å². The van der Waals surface area contributed by atoms with Crippen molar-refractivity contribution >= 4 is 29.4 Å². The van der Waals surface area contributed by atoms with Crippen molar-refractivity contribution in [1.82, 2.24) is 4.90 Å². The molecule has 3 rings (SSSR count). The highest BCUT2D eigenvalue weighted by molar-refractivity contribution is 6.22. The van der Waals surface area contributed by atoms with Crippen molar-refractivity contribution in [2.75, 3.05) is 32.2 Å². The minimum absolute atomic E-state index is 0.0964. The summed E-state index contributed by atoms with van der Waals surface area (Å²) < 4.78 is 10.1. The number of carbonyl (C=O) groups is 4. The fourth-order valence-corrected chi connectivity index (χ4v) is 3.75. The molecule has 8 heteroatoms. The van der Waals surface area contributed by atoms with Crippen molar-refractivity contribution in [3.05, 3.63) is 63.7 Å². The van der Waals surface area contributed by atoms with Gasteiger partial charge in [0.1, 0.15) is 0 Å². The summed E-state index contributed by atoms with van der Waals surface area (Å²) in [4.78, 5) is 50.9. The number of nitrogens with zero attached hydrogens (tertiary/aromatic N) is 1. The highest BCUT2D eigenvalue weighted by Crippen LogP contribution is 2.25. The fraction of sp³-hybridized carbons (Fsp3) is 0.333. The van der Waals surface area contributed by atoms with Crippen molar-refractivity contribution in [1.29, 1.82) is 0 Å². The highest BCUT2D eigenvalue weighted by Gasteiger charge is 2.35. The van der Waals surface area contributed by atoms with Gasteiger partial charge < -0.3 is 14.8 Å². The lowest BCUT2D eigenvalue weighted by Gasteiger charge is -2.13. The Hall–Kier alpha value is -3.52. The van der Waals surface area contributed by atoms with E-state index in [2.05, 4.69) is 5.32 Å². The van der Waals surface area contributed by atoms with Crippen LogP contribution in [0.1, 0.15) is 54.2 Å². The average Bonchev–Trinajstić information content (AvgIpc) is 2.99. The number of ether oxygens (including phenoxy) is 2. The van der Waals surface area contributed by atoms with E-state index in [-0.39, 0.29) is 23.2 Å². The Kier molecular flexibility index (Phi) is 7.05. The molecule has 0 atom stereocenters. The van der Waals surface area contributed by atoms with Gasteiger partial charge in [-0.3, -0.25) is 19.3 Å². The molecule has 168 valence electrons. The molecule has 0 aromatic heterocycles. The SMILES string of the molecule is COCCCN1C(=O)c2ccc(C(=O)OCC(=O)Nc3c(C)cc(C)cc3C)cc2C1=O. The van der Waals surface area contributed by atoms with Crippen LogP contribution in [-0.4, -0.2) is 55.5 Å². The summed E-state index contributed by atoms with van der Waals surface area (Å²) in [5.41, 5.74) is 4.10. The number of hydrogen-bond acceptors (Lipinski definition) is 6. The molecule has 2 aromatic carbocycles. The molecule has 0 radical (unpaired) electrons. The molecule has 1 aliphatic heterocycles. The standard InChI is InChI=1S/C24H26N2O6/c1-14-10-15(2)21(16(3)11-14)25-20(27)13-32-24(30)17-6-7-18-19(12-17)23(29)26(22(18)28)8-5-9-31-4/h6-7,10-12H,5,8-9,13H2,1-4H3,(H,25,27). The number of hydrogen-bond donors (Lipinski definition) is 1. The lowest BCUT2D eigenvalue weighted by atomic mass is 10.1. The first-order chi connectivity index (χ1) is 15.2. The minimum Gasteiger partial charge on any atom is -0.452 e. The molecule has 0 fully saturated rings. The zero-order valence-corrected chi connectivity index (χ0v) is 18.6. The number of imide groups is 1. The van der Waals surface area contributed by atoms with Gasteiger partial charge in [-0.05, 0) is 56.5 Å². The normalized spacial score (nSPS) is 12.7. The van der Waals surface area contributed by atoms with Crippen molar-refractivity contribution in [3.63, 3.8) is 0 Å². The Morgan fingerprint density at radius 2 is 1.62 bits per heavy atom. The van der Waals surface area contributed by atoms with Gasteiger partial charge >= 0.3 is 5.97 Å². The Balaban J connectivity index is 1.63. The van der Waals surface area contributed by atoms with E-state index in [1.807, 2.05) is 32.9 Å². The quantitative estimate of drug-likeness (QED) is 0.386. The lowest BCUT2D eigenvalue weighted by molar-refractivity contribution is -0.119. The van der Waals surface area contributed by atoms with Gasteiger partial charge in [-0.25, -0.2) is 4.79 Å². The molecule has 3 amide bonds. The number of nitrogens with one attached hydrogen (secondary N) is 1. The van der Waals surface area contributed by atoms with Gasteiger partial charge in [-0.15, -0.1) is 0 Å². The lowest BCUT2D eigenvalue weighted by Crippen LogP contribution is -2.31. The van der Waals surface area contributed by atoms with E-state index in [1.54, 1.807) is 7.11 Å². The van der Waals surface area contributed by atoms with Crippen LogP contribution in [0.2, 0.25) is 0 Å². The Morgan fingerprint density at radius 1 is 0.969 bits per heavy atom. The van der Waals surface area contributed by atoms with Gasteiger partial charge in [-0.1, -0.05) is 17.7 Å². The zero-order chi connectivity index (χ0) is 23.4. The van der Waals surface area contributed by atoms with E-state index < -0.39 is 30.3 Å². The molecule has 0 unspecified atom stereocenters. The van der Waals surface area contributed by atoms with E-state index in [0.717, 1.165) is 21.6 Å². The molecule has 0 saturated carbocycles. The second-order valence-corrected chi connectivity index (χ2v) is 7.77. The average molecular weight is 438 g/mol. The number of esters is 1. The van der Waals surface area contributed by atoms with Gasteiger partial charge in [0.15, 0.2) is 6.61 Å². The summed E-state index contributed by atoms with van der Waals surface area (Å²) in [5.74, 6) is -2.08. The van der Waals surface area contributed by atoms with Crippen LogP contribution in [0.15, 0.2) is 30.3 Å². The fourth-order valence-electron chi connectivity index (χ4n) is 3.75. The summed E-state index contributed by atoms with van der Waals surface area (Å²) in [5, 5.41) is 2.77. The first-order valence-electron chi connectivity index (χ1n) is 10.3. The summed E-state index contributed by atoms with van der Waals surface area (Å²) in [6, 6.07) is 8.09. The molecule has 0 bridgehead atoms. The minimum atomic E-state index is -0.751. The number of aryl methyl sites for hydroxylation is 3. The first kappa shape index (κ1) is 23.1. The largest absolute Gasteiger partial charge is 0.452 e. The van der Waals surface area contributed by atoms with Gasteiger partial charge in [0.25, 0.3) is 17.7 Å². The number of rotatable bonds is 8. The molecule has 1 aliphatic rings. The van der Waals surface area contributed by atoms with Crippen LogP contribution in [0.3, 0.4) is 0 Å². The van der Waals surface area contributed by atoms with Crippen molar-refractivity contribution < 1.29 is 28.7 Å². The van der Waals surface area contributed by atoms with Crippen LogP contribution < -0.4 is 5.32 Å². The van der Waals surface area contributed by atoms with Crippen molar-refractivity contribution in [2.45, 2.75) is 27.2 Å². The maximum absolute atomic E-state index is 12.6. The van der Waals surface area contributed by atoms with Crippen molar-refractivity contribution in [2.24, 2.45) is 0 Å². The van der Waals surface area contributed by atoms with Gasteiger partial charge in [0, 0.05) is 25.9 Å². The maximum Gasteiger partial charge on any atom is 0.338 e. The predicted molar refractivity (Wildman–Crippen MR) is 118 cm³/mol. The predicted octanol–water partition coefficient (Wildman–Crippen LogP) is 3.04. The molecule has 32 heavy (non-hydrogen) atoms. The molecule has 1 N–H and O–H groups in total. The second kappa shape index (κ2) is 9.74. The van der Waals surface area contributed by atoms with Crippen LogP contribution in [0.4, 0.5) is 5.69 Å². The van der Waals surface area contributed by atoms with Crippen LogP contribution in [0.25, 0.3) is 0 Å². The first-order valence-corrected chi connectivity index (χ1v) is 10.3. The Bertz CT molecular complexity index is 1070. The van der Waals surface area contributed by atoms with E-state index in [4.69, 9.17) is 9.47 Å². The van der Waals surface area contributed by atoms with Crippen LogP contribution in [0, 0.1) is 20.8 Å². The number of carbonyl (C=O) groups excluding carboxylic acids is 4.